The Morgan fingerprint density at radius 2 is 1.74 bits per heavy atom. The van der Waals surface area contributed by atoms with Gasteiger partial charge in [0, 0.05) is 19.4 Å². The maximum absolute atomic E-state index is 13.4. The quantitative estimate of drug-likeness (QED) is 0.325. The van der Waals surface area contributed by atoms with Crippen LogP contribution in [0.3, 0.4) is 0 Å². The summed E-state index contributed by atoms with van der Waals surface area (Å²) in [7, 11) is 1.42. The molecule has 0 saturated carbocycles. The van der Waals surface area contributed by atoms with Crippen molar-refractivity contribution in [2.24, 2.45) is 11.8 Å². The number of hydrogen-bond acceptors (Lipinski definition) is 7. The van der Waals surface area contributed by atoms with E-state index in [9.17, 15) is 29.4 Å². The second kappa shape index (κ2) is 14.3. The molecule has 1 aromatic rings. The molecule has 2 rings (SSSR count). The molecule has 216 valence electrons. The number of amides is 3. The molecular formula is C28H40ClN3O7. The SMILES string of the molecule is C/C1=C\[C@H](C)C[C@@H](C)OC(=O)[C@H](CO)NC(=O)[C@@H](Cc2ccc(O)c(Cl)c2)N(C)C(=O)[C@@H](C)NC(=O)[C@@H](C)C1. The van der Waals surface area contributed by atoms with Crippen LogP contribution in [-0.2, 0) is 30.3 Å². The lowest BCUT2D eigenvalue weighted by molar-refractivity contribution is -0.154. The van der Waals surface area contributed by atoms with Gasteiger partial charge in [0.2, 0.25) is 17.7 Å². The van der Waals surface area contributed by atoms with E-state index in [0.29, 0.717) is 18.4 Å². The zero-order chi connectivity index (χ0) is 29.4. The van der Waals surface area contributed by atoms with E-state index < -0.39 is 54.5 Å². The summed E-state index contributed by atoms with van der Waals surface area (Å²) in [5.74, 6) is -2.81. The van der Waals surface area contributed by atoms with Gasteiger partial charge in [-0.15, -0.1) is 0 Å². The second-order valence-corrected chi connectivity index (χ2v) is 10.9. The van der Waals surface area contributed by atoms with Crippen molar-refractivity contribution in [3.8, 4) is 5.75 Å². The van der Waals surface area contributed by atoms with Gasteiger partial charge >= 0.3 is 5.97 Å². The molecule has 1 aromatic carbocycles. The molecule has 0 aromatic heterocycles. The molecule has 4 N–H and O–H groups in total. The number of aromatic hydroxyl groups is 1. The van der Waals surface area contributed by atoms with Crippen LogP contribution in [0.25, 0.3) is 0 Å². The number of halogens is 1. The number of likely N-dealkylation sites (N-methyl/N-ethyl adjacent to an activating group) is 1. The summed E-state index contributed by atoms with van der Waals surface area (Å²) < 4.78 is 5.51. The number of cyclic esters (lactones) is 1. The third-order valence-corrected chi connectivity index (χ3v) is 7.04. The number of nitrogens with zero attached hydrogens (tertiary/aromatic N) is 1. The van der Waals surface area contributed by atoms with Crippen molar-refractivity contribution in [2.75, 3.05) is 13.7 Å². The maximum Gasteiger partial charge on any atom is 0.331 e. The normalized spacial score (nSPS) is 29.8. The van der Waals surface area contributed by atoms with Gasteiger partial charge in [0.05, 0.1) is 17.7 Å². The lowest BCUT2D eigenvalue weighted by Crippen LogP contribution is -2.57. The molecule has 0 fully saturated rings. The third-order valence-electron chi connectivity index (χ3n) is 6.74. The van der Waals surface area contributed by atoms with Crippen LogP contribution in [0, 0.1) is 11.8 Å². The van der Waals surface area contributed by atoms with Crippen molar-refractivity contribution < 1.29 is 34.1 Å². The predicted molar refractivity (Wildman–Crippen MR) is 147 cm³/mol. The first-order valence-corrected chi connectivity index (χ1v) is 13.4. The van der Waals surface area contributed by atoms with Crippen LogP contribution in [0.4, 0.5) is 0 Å². The first-order chi connectivity index (χ1) is 18.2. The monoisotopic (exact) mass is 565 g/mol. The molecule has 0 aliphatic carbocycles. The number of aliphatic hydroxyl groups is 1. The number of carbonyl (C=O) groups is 4. The highest BCUT2D eigenvalue weighted by atomic mass is 35.5. The number of nitrogens with one attached hydrogen (secondary N) is 2. The van der Waals surface area contributed by atoms with Crippen molar-refractivity contribution in [2.45, 2.75) is 78.1 Å². The van der Waals surface area contributed by atoms with Crippen LogP contribution in [0.5, 0.6) is 5.75 Å². The molecule has 3 amide bonds. The standard InChI is InChI=1S/C28H40ClN3O7/c1-15-9-16(2)11-18(4)39-28(38)22(14-33)31-26(36)23(13-20-7-8-24(34)21(29)12-20)32(6)27(37)19(5)30-25(35)17(3)10-15/h7-9,12,16-19,22-23,33-34H,10-11,13-14H2,1-6H3,(H,30,35)(H,31,36)/b15-9+/t16-,17-,18+,19+,22-,23+/m0/s1. The van der Waals surface area contributed by atoms with Gasteiger partial charge in [-0.2, -0.15) is 0 Å². The van der Waals surface area contributed by atoms with Crippen LogP contribution in [0.15, 0.2) is 29.8 Å². The van der Waals surface area contributed by atoms with E-state index in [-0.39, 0.29) is 29.0 Å². The molecule has 1 heterocycles. The van der Waals surface area contributed by atoms with E-state index >= 15 is 0 Å². The Bertz CT molecular complexity index is 1090. The van der Waals surface area contributed by atoms with Crippen LogP contribution in [0.2, 0.25) is 5.02 Å². The van der Waals surface area contributed by atoms with E-state index in [2.05, 4.69) is 10.6 Å². The highest BCUT2D eigenvalue weighted by Gasteiger charge is 2.34. The summed E-state index contributed by atoms with van der Waals surface area (Å²) in [6.45, 7) is 8.24. The number of allylic oxidation sites excluding steroid dienone is 2. The maximum atomic E-state index is 13.4. The molecule has 1 aliphatic heterocycles. The molecule has 1 aliphatic rings. The molecule has 0 radical (unpaired) electrons. The van der Waals surface area contributed by atoms with Gasteiger partial charge in [0.15, 0.2) is 6.04 Å². The van der Waals surface area contributed by atoms with Crippen molar-refractivity contribution in [3.63, 3.8) is 0 Å². The fourth-order valence-corrected chi connectivity index (χ4v) is 4.88. The van der Waals surface area contributed by atoms with Gasteiger partial charge in [-0.1, -0.05) is 43.2 Å². The number of esters is 1. The number of carbonyl (C=O) groups excluding carboxylic acids is 4. The number of phenolic OH excluding ortho intramolecular Hbond substituents is 1. The van der Waals surface area contributed by atoms with E-state index in [1.165, 1.54) is 31.0 Å². The minimum absolute atomic E-state index is 0.0176. The Hall–Kier alpha value is -3.11. The lowest BCUT2D eigenvalue weighted by Gasteiger charge is -2.31. The summed E-state index contributed by atoms with van der Waals surface area (Å²) in [6.07, 6.45) is 2.50. The van der Waals surface area contributed by atoms with Crippen LogP contribution in [-0.4, -0.2) is 76.7 Å². The molecule has 6 atom stereocenters. The van der Waals surface area contributed by atoms with E-state index in [1.54, 1.807) is 19.9 Å². The van der Waals surface area contributed by atoms with Crippen molar-refractivity contribution in [3.05, 3.63) is 40.4 Å². The highest BCUT2D eigenvalue weighted by Crippen LogP contribution is 2.25. The smallest absolute Gasteiger partial charge is 0.331 e. The Morgan fingerprint density at radius 3 is 2.36 bits per heavy atom. The van der Waals surface area contributed by atoms with Crippen molar-refractivity contribution >= 4 is 35.3 Å². The minimum atomic E-state index is -1.35. The van der Waals surface area contributed by atoms with Gasteiger partial charge in [0.1, 0.15) is 17.8 Å². The Morgan fingerprint density at radius 1 is 1.08 bits per heavy atom. The van der Waals surface area contributed by atoms with Gasteiger partial charge in [-0.3, -0.25) is 14.4 Å². The largest absolute Gasteiger partial charge is 0.506 e. The number of ether oxygens (including phenoxy) is 1. The van der Waals surface area contributed by atoms with E-state index in [4.69, 9.17) is 16.3 Å². The average molecular weight is 566 g/mol. The van der Waals surface area contributed by atoms with Crippen LogP contribution < -0.4 is 10.6 Å². The number of rotatable bonds is 3. The highest BCUT2D eigenvalue weighted by molar-refractivity contribution is 6.32. The summed E-state index contributed by atoms with van der Waals surface area (Å²) in [4.78, 5) is 53.6. The molecule has 0 saturated heterocycles. The van der Waals surface area contributed by atoms with E-state index in [1.807, 2.05) is 19.9 Å². The van der Waals surface area contributed by atoms with Crippen LogP contribution >= 0.6 is 11.6 Å². The predicted octanol–water partition coefficient (Wildman–Crippen LogP) is 2.34. The Balaban J connectivity index is 2.44. The summed E-state index contributed by atoms with van der Waals surface area (Å²) in [5, 5.41) is 24.9. The van der Waals surface area contributed by atoms with Crippen molar-refractivity contribution in [1.82, 2.24) is 15.5 Å². The molecular weight excluding hydrogens is 526 g/mol. The first kappa shape index (κ1) is 32.1. The molecule has 10 nitrogen and oxygen atoms in total. The molecule has 11 heteroatoms. The van der Waals surface area contributed by atoms with E-state index in [0.717, 1.165) is 5.57 Å². The zero-order valence-corrected chi connectivity index (χ0v) is 24.1. The number of hydrogen-bond donors (Lipinski definition) is 4. The Labute approximate surface area is 234 Å². The summed E-state index contributed by atoms with van der Waals surface area (Å²) in [6, 6.07) is 0.969. The third kappa shape index (κ3) is 9.25. The number of phenols is 1. The van der Waals surface area contributed by atoms with Crippen LogP contribution in [0.1, 0.15) is 53.0 Å². The van der Waals surface area contributed by atoms with Crippen molar-refractivity contribution in [1.29, 1.82) is 0 Å². The number of aliphatic hydroxyl groups excluding tert-OH is 1. The summed E-state index contributed by atoms with van der Waals surface area (Å²) >= 11 is 6.04. The van der Waals surface area contributed by atoms with Gasteiger partial charge in [-0.05, 0) is 57.2 Å². The topological polar surface area (TPSA) is 145 Å². The fraction of sp³-hybridized carbons (Fsp3) is 0.571. The zero-order valence-electron chi connectivity index (χ0n) is 23.4. The molecule has 0 unspecified atom stereocenters. The van der Waals surface area contributed by atoms with Gasteiger partial charge < -0.3 is 30.5 Å². The number of benzene rings is 1. The molecule has 0 spiro atoms. The fourth-order valence-electron chi connectivity index (χ4n) is 4.68. The first-order valence-electron chi connectivity index (χ1n) is 13.1. The minimum Gasteiger partial charge on any atom is -0.506 e. The lowest BCUT2D eigenvalue weighted by atomic mass is 9.95. The summed E-state index contributed by atoms with van der Waals surface area (Å²) in [5.41, 5.74) is 1.53. The molecule has 39 heavy (non-hydrogen) atoms. The van der Waals surface area contributed by atoms with Gasteiger partial charge in [-0.25, -0.2) is 4.79 Å². The van der Waals surface area contributed by atoms with Gasteiger partial charge in [0.25, 0.3) is 0 Å². The second-order valence-electron chi connectivity index (χ2n) is 10.5. The average Bonchev–Trinajstić information content (AvgIpc) is 2.85. The molecule has 0 bridgehead atoms. The Kier molecular flexibility index (Phi) is 11.8.